The lowest BCUT2D eigenvalue weighted by atomic mass is 10.1. The number of rotatable bonds is 2. The van der Waals surface area contributed by atoms with Crippen LogP contribution in [0.3, 0.4) is 0 Å². The minimum Gasteiger partial charge on any atom is -0.388 e. The van der Waals surface area contributed by atoms with Gasteiger partial charge in [0.25, 0.3) is 0 Å². The van der Waals surface area contributed by atoms with E-state index in [9.17, 15) is 15.0 Å². The van der Waals surface area contributed by atoms with E-state index in [1.165, 1.54) is 0 Å². The molecule has 17 heavy (non-hydrogen) atoms. The standard InChI is InChI=1S/C9H14N4O4/c1-2-4-5(14)6(15)7(17-4)13-3-11-8(10)12-9(13)16/h3-7,14-15H,2H2,1H3,(H2,10,12,16). The summed E-state index contributed by atoms with van der Waals surface area (Å²) >= 11 is 0. The van der Waals surface area contributed by atoms with Gasteiger partial charge in [0.15, 0.2) is 6.23 Å². The monoisotopic (exact) mass is 242 g/mol. The van der Waals surface area contributed by atoms with E-state index in [2.05, 4.69) is 9.97 Å². The number of aromatic nitrogens is 3. The van der Waals surface area contributed by atoms with E-state index >= 15 is 0 Å². The number of nitrogens with zero attached hydrogens (tertiary/aromatic N) is 3. The Morgan fingerprint density at radius 1 is 1.53 bits per heavy atom. The van der Waals surface area contributed by atoms with Crippen molar-refractivity contribution in [2.24, 2.45) is 0 Å². The number of aliphatic hydroxyl groups is 2. The van der Waals surface area contributed by atoms with Crippen molar-refractivity contribution in [1.82, 2.24) is 14.5 Å². The molecule has 1 aromatic rings. The summed E-state index contributed by atoms with van der Waals surface area (Å²) < 4.78 is 6.40. The Hall–Kier alpha value is -1.51. The molecule has 4 unspecified atom stereocenters. The molecule has 2 rings (SSSR count). The zero-order valence-corrected chi connectivity index (χ0v) is 9.22. The van der Waals surface area contributed by atoms with Gasteiger partial charge in [0, 0.05) is 0 Å². The maximum atomic E-state index is 11.5. The van der Waals surface area contributed by atoms with Crippen molar-refractivity contribution in [3.63, 3.8) is 0 Å². The predicted molar refractivity (Wildman–Crippen MR) is 56.9 cm³/mol. The molecule has 0 spiro atoms. The Balaban J connectivity index is 2.32. The summed E-state index contributed by atoms with van der Waals surface area (Å²) in [6, 6.07) is 0. The fourth-order valence-corrected chi connectivity index (χ4v) is 1.83. The molecule has 1 aromatic heterocycles. The Morgan fingerprint density at radius 2 is 2.24 bits per heavy atom. The summed E-state index contributed by atoms with van der Waals surface area (Å²) in [4.78, 5) is 18.6. The second-order valence-electron chi connectivity index (χ2n) is 3.86. The van der Waals surface area contributed by atoms with Crippen LogP contribution in [0.15, 0.2) is 11.1 Å². The van der Waals surface area contributed by atoms with Crippen LogP contribution in [0, 0.1) is 0 Å². The van der Waals surface area contributed by atoms with Crippen LogP contribution < -0.4 is 11.4 Å². The molecule has 0 saturated carbocycles. The van der Waals surface area contributed by atoms with Gasteiger partial charge in [-0.2, -0.15) is 4.98 Å². The molecule has 4 atom stereocenters. The van der Waals surface area contributed by atoms with Gasteiger partial charge in [0.2, 0.25) is 5.95 Å². The van der Waals surface area contributed by atoms with Gasteiger partial charge < -0.3 is 20.7 Å². The van der Waals surface area contributed by atoms with Crippen LogP contribution in [-0.4, -0.2) is 43.1 Å². The fourth-order valence-electron chi connectivity index (χ4n) is 1.83. The van der Waals surface area contributed by atoms with Crippen molar-refractivity contribution in [3.05, 3.63) is 16.8 Å². The molecule has 1 aliphatic heterocycles. The summed E-state index contributed by atoms with van der Waals surface area (Å²) in [6.07, 6.45) is -2.05. The van der Waals surface area contributed by atoms with Crippen molar-refractivity contribution in [2.75, 3.05) is 5.73 Å². The molecule has 2 heterocycles. The summed E-state index contributed by atoms with van der Waals surface area (Å²) in [5.74, 6) is -0.147. The summed E-state index contributed by atoms with van der Waals surface area (Å²) in [5, 5.41) is 19.5. The molecule has 1 saturated heterocycles. The topological polar surface area (TPSA) is 123 Å². The van der Waals surface area contributed by atoms with Gasteiger partial charge in [0.05, 0.1) is 6.10 Å². The van der Waals surface area contributed by atoms with Crippen LogP contribution in [0.1, 0.15) is 19.6 Å². The smallest absolute Gasteiger partial charge is 0.354 e. The van der Waals surface area contributed by atoms with E-state index in [4.69, 9.17) is 10.5 Å². The molecule has 4 N–H and O–H groups in total. The van der Waals surface area contributed by atoms with E-state index in [-0.39, 0.29) is 5.95 Å². The first kappa shape index (κ1) is 12.0. The number of aliphatic hydroxyl groups excluding tert-OH is 2. The third kappa shape index (κ3) is 2.02. The number of nitrogen functional groups attached to an aromatic ring is 1. The molecule has 0 aromatic carbocycles. The molecule has 8 heteroatoms. The van der Waals surface area contributed by atoms with Crippen molar-refractivity contribution in [2.45, 2.75) is 37.9 Å². The highest BCUT2D eigenvalue weighted by Gasteiger charge is 2.43. The van der Waals surface area contributed by atoms with Gasteiger partial charge >= 0.3 is 5.69 Å². The van der Waals surface area contributed by atoms with Crippen LogP contribution >= 0.6 is 0 Å². The maximum absolute atomic E-state index is 11.5. The Labute approximate surface area is 96.7 Å². The molecular weight excluding hydrogens is 228 g/mol. The zero-order chi connectivity index (χ0) is 12.6. The Morgan fingerprint density at radius 3 is 2.76 bits per heavy atom. The minimum atomic E-state index is -1.19. The Kier molecular flexibility index (Phi) is 3.09. The van der Waals surface area contributed by atoms with Crippen molar-refractivity contribution < 1.29 is 14.9 Å². The van der Waals surface area contributed by atoms with Crippen LogP contribution in [0.25, 0.3) is 0 Å². The molecule has 0 bridgehead atoms. The SMILES string of the molecule is CCC1OC(n2cnc(N)nc2=O)C(O)C1O. The van der Waals surface area contributed by atoms with Crippen LogP contribution in [-0.2, 0) is 4.74 Å². The van der Waals surface area contributed by atoms with Crippen LogP contribution in [0.2, 0.25) is 0 Å². The lowest BCUT2D eigenvalue weighted by Gasteiger charge is -2.16. The highest BCUT2D eigenvalue weighted by atomic mass is 16.6. The predicted octanol–water partition coefficient (Wildman–Crippen LogP) is -1.75. The third-order valence-electron chi connectivity index (χ3n) is 2.76. The van der Waals surface area contributed by atoms with Crippen LogP contribution in [0.5, 0.6) is 0 Å². The molecule has 0 aliphatic carbocycles. The Bertz CT molecular complexity index is 463. The van der Waals surface area contributed by atoms with E-state index in [1.807, 2.05) is 6.92 Å². The quantitative estimate of drug-likeness (QED) is 0.561. The fraction of sp³-hybridized carbons (Fsp3) is 0.667. The maximum Gasteiger partial charge on any atom is 0.354 e. The lowest BCUT2D eigenvalue weighted by Crippen LogP contribution is -2.36. The number of hydrogen-bond donors (Lipinski definition) is 3. The van der Waals surface area contributed by atoms with Crippen LogP contribution in [0.4, 0.5) is 5.95 Å². The first-order valence-corrected chi connectivity index (χ1v) is 5.26. The third-order valence-corrected chi connectivity index (χ3v) is 2.76. The first-order valence-electron chi connectivity index (χ1n) is 5.26. The number of nitrogens with two attached hydrogens (primary N) is 1. The van der Waals surface area contributed by atoms with E-state index in [1.54, 1.807) is 0 Å². The zero-order valence-electron chi connectivity index (χ0n) is 9.22. The van der Waals surface area contributed by atoms with Crippen molar-refractivity contribution in [1.29, 1.82) is 0 Å². The second kappa shape index (κ2) is 4.40. The molecule has 1 fully saturated rings. The highest BCUT2D eigenvalue weighted by molar-refractivity contribution is 5.10. The van der Waals surface area contributed by atoms with Crippen molar-refractivity contribution in [3.8, 4) is 0 Å². The number of ether oxygens (including phenoxy) is 1. The molecule has 94 valence electrons. The van der Waals surface area contributed by atoms with Gasteiger partial charge in [-0.25, -0.2) is 9.78 Å². The number of hydrogen-bond acceptors (Lipinski definition) is 7. The molecule has 0 amide bonds. The van der Waals surface area contributed by atoms with Crippen molar-refractivity contribution >= 4 is 5.95 Å². The number of anilines is 1. The molecule has 0 radical (unpaired) electrons. The largest absolute Gasteiger partial charge is 0.388 e. The van der Waals surface area contributed by atoms with Gasteiger partial charge in [-0.05, 0) is 6.42 Å². The van der Waals surface area contributed by atoms with Gasteiger partial charge in [-0.1, -0.05) is 6.92 Å². The average molecular weight is 242 g/mol. The molecule has 8 nitrogen and oxygen atoms in total. The first-order chi connectivity index (χ1) is 8.04. The molecular formula is C9H14N4O4. The van der Waals surface area contributed by atoms with Gasteiger partial charge in [0.1, 0.15) is 18.5 Å². The van der Waals surface area contributed by atoms with E-state index in [0.29, 0.717) is 6.42 Å². The summed E-state index contributed by atoms with van der Waals surface area (Å²) in [5.41, 5.74) is 4.58. The second-order valence-corrected chi connectivity index (χ2v) is 3.86. The summed E-state index contributed by atoms with van der Waals surface area (Å²) in [7, 11) is 0. The van der Waals surface area contributed by atoms with Gasteiger partial charge in [-0.15, -0.1) is 0 Å². The lowest BCUT2D eigenvalue weighted by molar-refractivity contribution is -0.0410. The normalized spacial score (nSPS) is 32.9. The van der Waals surface area contributed by atoms with E-state index < -0.39 is 30.2 Å². The van der Waals surface area contributed by atoms with Gasteiger partial charge in [-0.3, -0.25) is 4.57 Å². The highest BCUT2D eigenvalue weighted by Crippen LogP contribution is 2.29. The van der Waals surface area contributed by atoms with E-state index in [0.717, 1.165) is 10.9 Å². The average Bonchev–Trinajstić information content (AvgIpc) is 2.57. The minimum absolute atomic E-state index is 0.147. The summed E-state index contributed by atoms with van der Waals surface area (Å²) in [6.45, 7) is 1.81. The molecule has 1 aliphatic rings.